The highest BCUT2D eigenvalue weighted by Gasteiger charge is 2.82. The maximum absolute atomic E-state index is 12.3. The van der Waals surface area contributed by atoms with Crippen LogP contribution in [0.15, 0.2) is 0 Å². The third-order valence-electron chi connectivity index (χ3n) is 11.7. The minimum Gasteiger partial charge on any atom is -0.389 e. The molecule has 0 aromatic heterocycles. The molecular weight excluding hydrogens is 352 g/mol. The number of aliphatic hydroxyl groups excluding tert-OH is 1. The minimum absolute atomic E-state index is 0.0890. The molecule has 6 aliphatic carbocycles. The molecule has 4 heteroatoms. The van der Waals surface area contributed by atoms with Crippen LogP contribution in [0.25, 0.3) is 0 Å². The number of ether oxygens (including phenoxy) is 1. The second-order valence-electron chi connectivity index (χ2n) is 12.2. The molecule has 7 rings (SSSR count). The SMILES string of the molecule is C[C@]12CCC3C(C4CC4[C@]4(O)CC(=O)CC[C@]34C)C1C1CC1[C@@]21CCC(O)O1. The standard InChI is InChI=1S/C24H34O4/c1-21-6-3-12(25)11-23(21,27)16-9-13(16)19-15(21)4-7-22(2)20(19)14-10-17(14)24(22)8-5-18(26)28-24/h13-20,26-27H,3-11H2,1-2H3/t13?,14?,15?,16?,17?,18?,19?,20?,21-,22+,23-,24+/m1/s1. The van der Waals surface area contributed by atoms with Gasteiger partial charge in [-0.05, 0) is 80.0 Å². The molecule has 0 radical (unpaired) electrons. The zero-order chi connectivity index (χ0) is 19.3. The van der Waals surface area contributed by atoms with Gasteiger partial charge < -0.3 is 14.9 Å². The Morgan fingerprint density at radius 3 is 2.50 bits per heavy atom. The van der Waals surface area contributed by atoms with Crippen LogP contribution in [0.5, 0.6) is 0 Å². The van der Waals surface area contributed by atoms with Gasteiger partial charge in [-0.2, -0.15) is 0 Å². The zero-order valence-electron chi connectivity index (χ0n) is 17.2. The summed E-state index contributed by atoms with van der Waals surface area (Å²) < 4.78 is 6.39. The Hall–Kier alpha value is -0.450. The molecule has 8 unspecified atom stereocenters. The van der Waals surface area contributed by atoms with E-state index in [2.05, 4.69) is 13.8 Å². The zero-order valence-corrected chi connectivity index (χ0v) is 17.2. The van der Waals surface area contributed by atoms with E-state index in [1.807, 2.05) is 0 Å². The maximum atomic E-state index is 12.3. The third-order valence-corrected chi connectivity index (χ3v) is 11.7. The van der Waals surface area contributed by atoms with Crippen molar-refractivity contribution in [1.82, 2.24) is 0 Å². The molecule has 28 heavy (non-hydrogen) atoms. The summed E-state index contributed by atoms with van der Waals surface area (Å²) in [5.74, 6) is 4.58. The summed E-state index contributed by atoms with van der Waals surface area (Å²) in [6.07, 6.45) is 7.94. The van der Waals surface area contributed by atoms with E-state index < -0.39 is 11.9 Å². The number of ketones is 1. The number of Topliss-reactive ketones (excluding diaryl/α,β-unsaturated/α-hetero) is 1. The van der Waals surface area contributed by atoms with E-state index in [0.29, 0.717) is 48.3 Å². The Labute approximate surface area is 167 Å². The molecule has 1 spiro atoms. The lowest BCUT2D eigenvalue weighted by Gasteiger charge is -2.64. The highest BCUT2D eigenvalue weighted by Crippen LogP contribution is 2.83. The van der Waals surface area contributed by atoms with Gasteiger partial charge in [0.25, 0.3) is 0 Å². The van der Waals surface area contributed by atoms with Gasteiger partial charge in [0.15, 0.2) is 6.29 Å². The van der Waals surface area contributed by atoms with E-state index in [4.69, 9.17) is 4.74 Å². The van der Waals surface area contributed by atoms with Gasteiger partial charge in [0.2, 0.25) is 0 Å². The predicted octanol–water partition coefficient (Wildman–Crippen LogP) is 3.29. The summed E-state index contributed by atoms with van der Waals surface area (Å²) in [5.41, 5.74) is -0.751. The first-order valence-corrected chi connectivity index (χ1v) is 11.9. The molecular formula is C24H34O4. The first-order chi connectivity index (χ1) is 13.3. The van der Waals surface area contributed by atoms with Crippen LogP contribution in [-0.2, 0) is 9.53 Å². The summed E-state index contributed by atoms with van der Waals surface area (Å²) >= 11 is 0. The van der Waals surface area contributed by atoms with Crippen LogP contribution in [0.3, 0.4) is 0 Å². The molecule has 0 amide bonds. The lowest BCUT2D eigenvalue weighted by atomic mass is 9.42. The molecule has 6 saturated carbocycles. The molecule has 0 aromatic rings. The van der Waals surface area contributed by atoms with Crippen molar-refractivity contribution in [1.29, 1.82) is 0 Å². The van der Waals surface area contributed by atoms with Crippen molar-refractivity contribution in [2.75, 3.05) is 0 Å². The monoisotopic (exact) mass is 386 g/mol. The second-order valence-corrected chi connectivity index (χ2v) is 12.2. The van der Waals surface area contributed by atoms with Crippen molar-refractivity contribution >= 4 is 5.78 Å². The topological polar surface area (TPSA) is 66.8 Å². The van der Waals surface area contributed by atoms with E-state index in [0.717, 1.165) is 44.4 Å². The lowest BCUT2D eigenvalue weighted by molar-refractivity contribution is -0.238. The molecule has 2 N–H and O–H groups in total. The Kier molecular flexibility index (Phi) is 2.91. The van der Waals surface area contributed by atoms with Crippen molar-refractivity contribution in [2.24, 2.45) is 52.3 Å². The Morgan fingerprint density at radius 2 is 1.75 bits per heavy atom. The van der Waals surface area contributed by atoms with Gasteiger partial charge in [0, 0.05) is 30.1 Å². The molecule has 4 nitrogen and oxygen atoms in total. The Bertz CT molecular complexity index is 781. The number of hydrogen-bond donors (Lipinski definition) is 2. The molecule has 7 fully saturated rings. The molecule has 0 aromatic carbocycles. The maximum Gasteiger partial charge on any atom is 0.155 e. The lowest BCUT2D eigenvalue weighted by Crippen LogP contribution is -2.65. The molecule has 7 aliphatic rings. The van der Waals surface area contributed by atoms with E-state index in [1.54, 1.807) is 0 Å². The van der Waals surface area contributed by atoms with Crippen LogP contribution in [0.2, 0.25) is 0 Å². The number of hydrogen-bond acceptors (Lipinski definition) is 4. The number of rotatable bonds is 0. The van der Waals surface area contributed by atoms with Gasteiger partial charge in [-0.25, -0.2) is 0 Å². The number of carbonyl (C=O) groups excluding carboxylic acids is 1. The molecule has 0 bridgehead atoms. The van der Waals surface area contributed by atoms with Crippen LogP contribution < -0.4 is 0 Å². The van der Waals surface area contributed by atoms with Crippen molar-refractivity contribution in [3.63, 3.8) is 0 Å². The molecule has 154 valence electrons. The van der Waals surface area contributed by atoms with Crippen LogP contribution in [0.1, 0.15) is 71.6 Å². The normalized spacial score (nSPS) is 68.6. The van der Waals surface area contributed by atoms with E-state index >= 15 is 0 Å². The summed E-state index contributed by atoms with van der Waals surface area (Å²) in [7, 11) is 0. The molecule has 1 aliphatic heterocycles. The van der Waals surface area contributed by atoms with Gasteiger partial charge in [0.1, 0.15) is 5.78 Å². The van der Waals surface area contributed by atoms with Crippen LogP contribution in [0, 0.1) is 52.3 Å². The van der Waals surface area contributed by atoms with Crippen molar-refractivity contribution in [2.45, 2.75) is 89.1 Å². The Morgan fingerprint density at radius 1 is 0.964 bits per heavy atom. The largest absolute Gasteiger partial charge is 0.389 e. The fourth-order valence-corrected chi connectivity index (χ4v) is 10.5. The fourth-order valence-electron chi connectivity index (χ4n) is 10.5. The van der Waals surface area contributed by atoms with E-state index in [1.165, 1.54) is 6.42 Å². The van der Waals surface area contributed by atoms with Crippen LogP contribution >= 0.6 is 0 Å². The van der Waals surface area contributed by atoms with Gasteiger partial charge >= 0.3 is 0 Å². The van der Waals surface area contributed by atoms with Crippen LogP contribution in [0.4, 0.5) is 0 Å². The smallest absolute Gasteiger partial charge is 0.155 e. The first-order valence-electron chi connectivity index (χ1n) is 11.9. The van der Waals surface area contributed by atoms with Gasteiger partial charge in [0.05, 0.1) is 11.2 Å². The summed E-state index contributed by atoms with van der Waals surface area (Å²) in [4.78, 5) is 12.3. The highest BCUT2D eigenvalue weighted by atomic mass is 16.6. The number of aliphatic hydroxyl groups is 2. The van der Waals surface area contributed by atoms with Gasteiger partial charge in [-0.1, -0.05) is 13.8 Å². The van der Waals surface area contributed by atoms with E-state index in [-0.39, 0.29) is 22.2 Å². The highest BCUT2D eigenvalue weighted by molar-refractivity contribution is 5.81. The van der Waals surface area contributed by atoms with Crippen molar-refractivity contribution in [3.05, 3.63) is 0 Å². The average Bonchev–Trinajstić information content (AvgIpc) is 3.54. The number of fused-ring (bicyclic) bond motifs is 12. The van der Waals surface area contributed by atoms with Crippen LogP contribution in [-0.4, -0.2) is 33.5 Å². The second kappa shape index (κ2) is 4.73. The first kappa shape index (κ1) is 17.3. The van der Waals surface area contributed by atoms with Crippen molar-refractivity contribution in [3.8, 4) is 0 Å². The summed E-state index contributed by atoms with van der Waals surface area (Å²) in [5, 5.41) is 22.1. The van der Waals surface area contributed by atoms with Crippen molar-refractivity contribution < 1.29 is 19.7 Å². The summed E-state index contributed by atoms with van der Waals surface area (Å²) in [6.45, 7) is 4.82. The van der Waals surface area contributed by atoms with Gasteiger partial charge in [-0.3, -0.25) is 4.79 Å². The molecule has 1 heterocycles. The average molecular weight is 387 g/mol. The predicted molar refractivity (Wildman–Crippen MR) is 102 cm³/mol. The fraction of sp³-hybridized carbons (Fsp3) is 0.958. The van der Waals surface area contributed by atoms with Gasteiger partial charge in [-0.15, -0.1) is 0 Å². The third kappa shape index (κ3) is 1.62. The summed E-state index contributed by atoms with van der Waals surface area (Å²) in [6, 6.07) is 0. The minimum atomic E-state index is -0.749. The molecule has 12 atom stereocenters. The quantitative estimate of drug-likeness (QED) is 0.670. The van der Waals surface area contributed by atoms with E-state index in [9.17, 15) is 15.0 Å². The molecule has 1 saturated heterocycles. The number of carbonyl (C=O) groups is 1. The Balaban J connectivity index is 1.32.